The van der Waals surface area contributed by atoms with Gasteiger partial charge in [-0.3, -0.25) is 14.4 Å². The molecule has 7 rings (SSSR count). The summed E-state index contributed by atoms with van der Waals surface area (Å²) < 4.78 is 67.5. The maximum absolute atomic E-state index is 14.4. The van der Waals surface area contributed by atoms with E-state index in [1.165, 1.54) is 54.1 Å². The molecule has 1 aromatic carbocycles. The first-order chi connectivity index (χ1) is 38.2. The zero-order valence-corrected chi connectivity index (χ0v) is 51.3. The Morgan fingerprint density at radius 3 is 2.31 bits per heavy atom. The molecule has 0 aromatic heterocycles. The predicted octanol–water partition coefficient (Wildman–Crippen LogP) is 2.80. The molecule has 4 heterocycles. The van der Waals surface area contributed by atoms with Crippen LogP contribution in [-0.4, -0.2) is 205 Å². The third kappa shape index (κ3) is 14.6. The van der Waals surface area contributed by atoms with E-state index in [0.717, 1.165) is 11.8 Å². The van der Waals surface area contributed by atoms with Gasteiger partial charge in [0.25, 0.3) is 0 Å². The summed E-state index contributed by atoms with van der Waals surface area (Å²) in [4.78, 5) is 34.1. The Kier molecular flexibility index (Phi) is 24.1. The van der Waals surface area contributed by atoms with Crippen molar-refractivity contribution in [2.75, 3.05) is 53.6 Å². The van der Waals surface area contributed by atoms with Gasteiger partial charge in [-0.2, -0.15) is 5.48 Å². The van der Waals surface area contributed by atoms with Crippen molar-refractivity contribution in [3.8, 4) is 40.9 Å². The molecule has 27 heteroatoms. The monoisotopic (exact) mass is 1310 g/mol. The molecule has 6 aliphatic rings. The van der Waals surface area contributed by atoms with Crippen molar-refractivity contribution >= 4 is 76.7 Å². The van der Waals surface area contributed by atoms with Crippen LogP contribution in [0.3, 0.4) is 0 Å². The average Bonchev–Trinajstić information content (AvgIpc) is 3.58. The number of hydrogen-bond acceptors (Lipinski definition) is 26. The Labute approximate surface area is 495 Å². The molecule has 0 saturated carbocycles. The van der Waals surface area contributed by atoms with Crippen LogP contribution in [0.5, 0.6) is 17.2 Å². The molecule has 4 saturated heterocycles. The molecular formula is C53H72IN3O19S4. The second-order valence-electron chi connectivity index (χ2n) is 19.5. The van der Waals surface area contributed by atoms with Crippen LogP contribution in [0.1, 0.15) is 62.9 Å². The van der Waals surface area contributed by atoms with Gasteiger partial charge in [-0.15, -0.1) is 0 Å². The summed E-state index contributed by atoms with van der Waals surface area (Å²) in [5, 5.41) is 59.8. The number of likely N-dealkylation sites (N-methyl/N-ethyl adjacent to an activating group) is 1. The normalized spacial score (nSPS) is 37.2. The number of Topliss-reactive ketones (excluding diaryl/α,β-unsaturated/α-hetero) is 1. The van der Waals surface area contributed by atoms with Crippen molar-refractivity contribution < 1.29 is 92.1 Å². The summed E-state index contributed by atoms with van der Waals surface area (Å²) >= 11 is 2.85. The van der Waals surface area contributed by atoms with E-state index in [0.29, 0.717) is 21.4 Å². The summed E-state index contributed by atoms with van der Waals surface area (Å²) in [5.41, 5.74) is 8.39. The fraction of sp³-hybridized carbons (Fsp3) is 0.660. The molecule has 22 nitrogen and oxygen atoms in total. The highest BCUT2D eigenvalue weighted by molar-refractivity contribution is 14.1. The lowest BCUT2D eigenvalue weighted by Gasteiger charge is -2.46. The second-order valence-corrected chi connectivity index (χ2v) is 26.1. The summed E-state index contributed by atoms with van der Waals surface area (Å²) in [6.07, 6.45) is -9.85. The molecular weight excluding hydrogens is 1240 g/mol. The van der Waals surface area contributed by atoms with Gasteiger partial charge in [-0.25, -0.2) is 0 Å². The predicted molar refractivity (Wildman–Crippen MR) is 308 cm³/mol. The van der Waals surface area contributed by atoms with Gasteiger partial charge in [-0.1, -0.05) is 70.0 Å². The Hall–Kier alpha value is -2.41. The van der Waals surface area contributed by atoms with E-state index in [-0.39, 0.29) is 77.7 Å². The first-order valence-electron chi connectivity index (χ1n) is 25.9. The lowest BCUT2D eigenvalue weighted by molar-refractivity contribution is -0.336. The molecule has 4 aliphatic heterocycles. The van der Waals surface area contributed by atoms with Crippen LogP contribution in [0.25, 0.3) is 0 Å². The smallest absolute Gasteiger partial charge is 0.229 e. The van der Waals surface area contributed by atoms with Crippen molar-refractivity contribution in [3.05, 3.63) is 49.8 Å². The molecule has 0 spiro atoms. The minimum absolute atomic E-state index is 0.0394. The van der Waals surface area contributed by atoms with E-state index in [4.69, 9.17) is 62.7 Å². The van der Waals surface area contributed by atoms with E-state index in [9.17, 15) is 35.1 Å². The standard InChI is InChI=1S/C53H72IN3O19S4/c1-11-56-29-23-69-34(21-33(29)65-6)74-47-42(61)40(25(3)71-52(47)73-32-16-14-12-13-15-18-53(64)22-31(59)39(55)37(32)28(53)17-19-78-80-77-10)57-76-35-20-30(58)49(27(5)70-35)79-50(63)36-24(2)38(54)45(48(68-9)44(36)66-7)75-51-43(62)46(67-8)41(60)26(4)72-51/h12-13,17,25-27,29-30,32-35,40-43,46-47,49,51-52,56-58,60-62,64H,11,19-23,55H2,1-10H3/b13-12-,28-17?/t25?,26?,27?,29?,30?,32-,33?,34?,35?,40?,41?,42?,43?,46?,47?,49?,51?,52?,53+/m1/s1. The van der Waals surface area contributed by atoms with Gasteiger partial charge in [0.05, 0.1) is 89.9 Å². The molecule has 17 unspecified atom stereocenters. The number of ketones is 1. The van der Waals surface area contributed by atoms with Gasteiger partial charge in [-0.05, 0) is 90.6 Å². The largest absolute Gasteiger partial charge is 0.492 e. The van der Waals surface area contributed by atoms with Crippen LogP contribution in [0, 0.1) is 34.2 Å². The number of aliphatic hydroxyl groups is 5. The molecule has 4 fully saturated rings. The summed E-state index contributed by atoms with van der Waals surface area (Å²) in [6.45, 7) is 9.54. The van der Waals surface area contributed by atoms with Gasteiger partial charge < -0.3 is 88.7 Å². The quantitative estimate of drug-likeness (QED) is 0.0289. The van der Waals surface area contributed by atoms with Crippen molar-refractivity contribution in [1.82, 2.24) is 10.8 Å². The van der Waals surface area contributed by atoms with E-state index in [2.05, 4.69) is 34.5 Å². The van der Waals surface area contributed by atoms with Crippen LogP contribution in [0.15, 0.2) is 35.1 Å². The van der Waals surface area contributed by atoms with Crippen molar-refractivity contribution in [3.63, 3.8) is 0 Å². The van der Waals surface area contributed by atoms with Crippen molar-refractivity contribution in [2.45, 2.75) is 169 Å². The lowest BCUT2D eigenvalue weighted by atomic mass is 9.75. The zero-order chi connectivity index (χ0) is 58.2. The minimum Gasteiger partial charge on any atom is -0.492 e. The number of rotatable bonds is 21. The Balaban J connectivity index is 1.09. The SMILES string of the molecule is CCNC1COC(OC2C(O[C@@H]3C#C/C=C\C#C[C@]4(O)CC(=O)C(N)=C3C4=CCSSSC)OC(C)C(NOC3CC(O)C(SC(=O)c4c(C)c(I)c(OC5OC(C)C(O)C(OC)C5O)c(OC)c4OC)C(C)O3)C2O)CC1OC. The van der Waals surface area contributed by atoms with Crippen molar-refractivity contribution in [1.29, 1.82) is 0 Å². The second kappa shape index (κ2) is 29.6. The first kappa shape index (κ1) is 65.1. The number of methoxy groups -OCH3 is 4. The molecule has 0 radical (unpaired) electrons. The number of nitrogens with two attached hydrogens (primary N) is 1. The Bertz CT molecular complexity index is 2570. The first-order valence-corrected chi connectivity index (χ1v) is 31.9. The molecule has 2 aliphatic carbocycles. The summed E-state index contributed by atoms with van der Waals surface area (Å²) in [7, 11) is 10.3. The van der Waals surface area contributed by atoms with Gasteiger partial charge in [0.2, 0.25) is 17.2 Å². The molecule has 19 atom stereocenters. The summed E-state index contributed by atoms with van der Waals surface area (Å²) in [5.74, 6) is 11.6. The maximum atomic E-state index is 14.4. The number of carbonyl (C=O) groups excluding carboxylic acids is 2. The molecule has 1 aromatic rings. The van der Waals surface area contributed by atoms with Crippen LogP contribution in [0.4, 0.5) is 0 Å². The Morgan fingerprint density at radius 2 is 1.64 bits per heavy atom. The number of halogens is 1. The highest BCUT2D eigenvalue weighted by Gasteiger charge is 2.52. The summed E-state index contributed by atoms with van der Waals surface area (Å²) in [6, 6.07) is -1.18. The van der Waals surface area contributed by atoms with E-state index < -0.39 is 114 Å². The van der Waals surface area contributed by atoms with Crippen LogP contribution in [0.2, 0.25) is 0 Å². The third-order valence-electron chi connectivity index (χ3n) is 14.4. The zero-order valence-electron chi connectivity index (χ0n) is 45.9. The molecule has 80 heavy (non-hydrogen) atoms. The number of allylic oxidation sites excluding steroid dienone is 3. The number of benzene rings is 1. The topological polar surface area (TPSA) is 296 Å². The Morgan fingerprint density at radius 1 is 0.912 bits per heavy atom. The molecule has 2 bridgehead atoms. The van der Waals surface area contributed by atoms with Crippen molar-refractivity contribution in [2.24, 2.45) is 5.73 Å². The lowest BCUT2D eigenvalue weighted by Crippen LogP contribution is -2.65. The number of hydrogen-bond donors (Lipinski definition) is 8. The van der Waals surface area contributed by atoms with Gasteiger partial charge in [0.1, 0.15) is 36.6 Å². The van der Waals surface area contributed by atoms with Gasteiger partial charge in [0, 0.05) is 44.0 Å². The average molecular weight is 1310 g/mol. The fourth-order valence-electron chi connectivity index (χ4n) is 10.2. The number of carbonyl (C=O) groups is 2. The third-order valence-corrected chi connectivity index (χ3v) is 20.8. The van der Waals surface area contributed by atoms with E-state index in [1.54, 1.807) is 51.7 Å². The number of thioether (sulfide) groups is 1. The van der Waals surface area contributed by atoms with E-state index in [1.807, 2.05) is 35.8 Å². The molecule has 444 valence electrons. The van der Waals surface area contributed by atoms with Gasteiger partial charge in [0.15, 0.2) is 41.8 Å². The molecule has 9 N–H and O–H groups in total. The van der Waals surface area contributed by atoms with Gasteiger partial charge >= 0.3 is 0 Å². The number of fused-ring (bicyclic) bond motifs is 2. The maximum Gasteiger partial charge on any atom is 0.229 e. The number of aliphatic hydroxyl groups excluding tert-OH is 4. The minimum atomic E-state index is -1.93. The number of nitrogens with one attached hydrogen (secondary N) is 2. The number of ether oxygens (including phenoxy) is 11. The fourth-order valence-corrected chi connectivity index (χ4v) is 14.4. The molecule has 0 amide bonds. The van der Waals surface area contributed by atoms with Crippen LogP contribution in [-0.2, 0) is 47.5 Å². The van der Waals surface area contributed by atoms with E-state index >= 15 is 0 Å². The van der Waals surface area contributed by atoms with Crippen LogP contribution < -0.4 is 30.7 Å². The highest BCUT2D eigenvalue weighted by Crippen LogP contribution is 2.49. The number of hydroxylamine groups is 1. The highest BCUT2D eigenvalue weighted by atomic mass is 127. The van der Waals surface area contributed by atoms with Crippen LogP contribution >= 0.6 is 65.8 Å².